The number of nitrogens with one attached hydrogen (secondary N) is 1. The van der Waals surface area contributed by atoms with Crippen molar-refractivity contribution >= 4 is 17.8 Å². The average molecular weight is 372 g/mol. The summed E-state index contributed by atoms with van der Waals surface area (Å²) in [7, 11) is 0. The van der Waals surface area contributed by atoms with E-state index in [1.54, 1.807) is 12.1 Å². The van der Waals surface area contributed by atoms with Crippen molar-refractivity contribution in [3.05, 3.63) is 48.5 Å². The lowest BCUT2D eigenvalue weighted by molar-refractivity contribution is -0.159. The maximum Gasteiger partial charge on any atom is 0.414 e. The van der Waals surface area contributed by atoms with E-state index in [9.17, 15) is 5.11 Å². The fourth-order valence-corrected chi connectivity index (χ4v) is 2.42. The molecule has 1 atom stereocenters. The molecule has 3 rings (SSSR count). The number of amidine groups is 1. The highest BCUT2D eigenvalue weighted by atomic mass is 16.5. The van der Waals surface area contributed by atoms with E-state index in [0.717, 1.165) is 35.8 Å². The van der Waals surface area contributed by atoms with E-state index in [1.165, 1.54) is 0 Å². The molecule has 4 N–H and O–H groups in total. The maximum atomic E-state index is 9.65. The summed E-state index contributed by atoms with van der Waals surface area (Å²) in [5.41, 5.74) is 1.89. The number of aromatic hydroxyl groups is 1. The standard InChI is InChI=1S/C17H18N2O2.C2H2O4/c1-12(17-18-9-10-19-17)21-16-8-3-2-7-15(16)13-5-4-6-14(20)11-13;3-1(4)2(5)6/h2-8,11-12,20H,9-10H2,1H3,(H,18,19);(H,3,4)(H,5,6)/t12-;/m0./s1. The first-order valence-electron chi connectivity index (χ1n) is 8.18. The molecule has 1 heterocycles. The van der Waals surface area contributed by atoms with Crippen molar-refractivity contribution in [3.63, 3.8) is 0 Å². The zero-order chi connectivity index (χ0) is 19.8. The zero-order valence-corrected chi connectivity index (χ0v) is 14.6. The van der Waals surface area contributed by atoms with Gasteiger partial charge in [0, 0.05) is 12.1 Å². The molecule has 0 bridgehead atoms. The normalized spacial score (nSPS) is 13.4. The van der Waals surface area contributed by atoms with Crippen molar-refractivity contribution in [1.29, 1.82) is 0 Å². The van der Waals surface area contributed by atoms with Crippen LogP contribution in [0.4, 0.5) is 0 Å². The third kappa shape index (κ3) is 5.74. The van der Waals surface area contributed by atoms with Crippen molar-refractivity contribution in [2.45, 2.75) is 13.0 Å². The van der Waals surface area contributed by atoms with E-state index < -0.39 is 11.9 Å². The number of para-hydroxylation sites is 1. The lowest BCUT2D eigenvalue weighted by Crippen LogP contribution is -2.33. The Hall–Kier alpha value is -3.55. The van der Waals surface area contributed by atoms with Crippen LogP contribution in [0.15, 0.2) is 53.5 Å². The second-order valence-corrected chi connectivity index (χ2v) is 5.61. The van der Waals surface area contributed by atoms with Crippen LogP contribution < -0.4 is 10.1 Å². The zero-order valence-electron chi connectivity index (χ0n) is 14.6. The Morgan fingerprint density at radius 2 is 1.81 bits per heavy atom. The molecule has 8 heteroatoms. The highest BCUT2D eigenvalue weighted by Gasteiger charge is 2.17. The number of carboxylic acids is 2. The average Bonchev–Trinajstić information content (AvgIpc) is 3.17. The van der Waals surface area contributed by atoms with Gasteiger partial charge in [0.2, 0.25) is 0 Å². The van der Waals surface area contributed by atoms with Crippen molar-refractivity contribution in [3.8, 4) is 22.6 Å². The smallest absolute Gasteiger partial charge is 0.414 e. The largest absolute Gasteiger partial charge is 0.508 e. The number of ether oxygens (including phenoxy) is 1. The molecule has 1 aliphatic heterocycles. The number of hydrogen-bond acceptors (Lipinski definition) is 6. The Labute approximate surface area is 155 Å². The van der Waals surface area contributed by atoms with E-state index in [4.69, 9.17) is 24.5 Å². The van der Waals surface area contributed by atoms with Gasteiger partial charge in [0.1, 0.15) is 17.3 Å². The Balaban J connectivity index is 0.000000380. The Kier molecular flexibility index (Phi) is 6.76. The molecular weight excluding hydrogens is 352 g/mol. The van der Waals surface area contributed by atoms with Crippen LogP contribution in [-0.4, -0.2) is 52.3 Å². The van der Waals surface area contributed by atoms with E-state index >= 15 is 0 Å². The fraction of sp³-hybridized carbons (Fsp3) is 0.211. The third-order valence-electron chi connectivity index (χ3n) is 3.62. The van der Waals surface area contributed by atoms with Gasteiger partial charge in [0.05, 0.1) is 6.54 Å². The molecule has 0 unspecified atom stereocenters. The van der Waals surface area contributed by atoms with Crippen LogP contribution in [-0.2, 0) is 9.59 Å². The number of nitrogens with zero attached hydrogens (tertiary/aromatic N) is 1. The van der Waals surface area contributed by atoms with Gasteiger partial charge in [-0.2, -0.15) is 0 Å². The third-order valence-corrected chi connectivity index (χ3v) is 3.62. The summed E-state index contributed by atoms with van der Waals surface area (Å²) < 4.78 is 6.05. The minimum absolute atomic E-state index is 0.119. The predicted molar refractivity (Wildman–Crippen MR) is 99.2 cm³/mol. The van der Waals surface area contributed by atoms with Crippen molar-refractivity contribution in [2.75, 3.05) is 13.1 Å². The number of carboxylic acid groups (broad SMARTS) is 2. The van der Waals surface area contributed by atoms with E-state index in [0.29, 0.717) is 0 Å². The Morgan fingerprint density at radius 1 is 1.11 bits per heavy atom. The van der Waals surface area contributed by atoms with Gasteiger partial charge < -0.3 is 25.4 Å². The highest BCUT2D eigenvalue weighted by molar-refractivity contribution is 6.27. The number of rotatable bonds is 4. The molecule has 1 aliphatic rings. The molecular formula is C19H20N2O6. The van der Waals surface area contributed by atoms with Crippen molar-refractivity contribution < 1.29 is 29.6 Å². The summed E-state index contributed by atoms with van der Waals surface area (Å²) in [5.74, 6) is -1.73. The minimum atomic E-state index is -1.82. The van der Waals surface area contributed by atoms with Crippen LogP contribution in [0.3, 0.4) is 0 Å². The Bertz CT molecular complexity index is 838. The number of benzene rings is 2. The van der Waals surface area contributed by atoms with Gasteiger partial charge in [0.25, 0.3) is 0 Å². The number of aliphatic imine (C=N–C) groups is 1. The second-order valence-electron chi connectivity index (χ2n) is 5.61. The van der Waals surface area contributed by atoms with Crippen LogP contribution in [0.2, 0.25) is 0 Å². The summed E-state index contributed by atoms with van der Waals surface area (Å²) in [4.78, 5) is 22.6. The van der Waals surface area contributed by atoms with Crippen LogP contribution in [0.1, 0.15) is 6.92 Å². The molecule has 8 nitrogen and oxygen atoms in total. The molecule has 0 amide bonds. The number of aliphatic carboxylic acids is 2. The molecule has 0 fully saturated rings. The summed E-state index contributed by atoms with van der Waals surface area (Å²) in [6.07, 6.45) is -0.119. The minimum Gasteiger partial charge on any atom is -0.508 e. The van der Waals surface area contributed by atoms with Gasteiger partial charge in [-0.3, -0.25) is 4.99 Å². The maximum absolute atomic E-state index is 9.65. The van der Waals surface area contributed by atoms with Gasteiger partial charge in [-0.15, -0.1) is 0 Å². The number of hydrogen-bond donors (Lipinski definition) is 4. The molecule has 0 radical (unpaired) electrons. The first-order chi connectivity index (χ1) is 12.9. The molecule has 0 saturated carbocycles. The number of phenolic OH excluding ortho intramolecular Hbond substituents is 1. The summed E-state index contributed by atoms with van der Waals surface area (Å²) in [5, 5.41) is 27.7. The van der Waals surface area contributed by atoms with Crippen LogP contribution in [0.25, 0.3) is 11.1 Å². The van der Waals surface area contributed by atoms with Crippen LogP contribution >= 0.6 is 0 Å². The topological polar surface area (TPSA) is 128 Å². The lowest BCUT2D eigenvalue weighted by Gasteiger charge is -2.18. The van der Waals surface area contributed by atoms with Gasteiger partial charge >= 0.3 is 11.9 Å². The van der Waals surface area contributed by atoms with E-state index in [1.807, 2.05) is 43.3 Å². The monoisotopic (exact) mass is 372 g/mol. The fourth-order valence-electron chi connectivity index (χ4n) is 2.42. The van der Waals surface area contributed by atoms with Crippen LogP contribution in [0, 0.1) is 0 Å². The summed E-state index contributed by atoms with van der Waals surface area (Å²) in [6.45, 7) is 3.66. The summed E-state index contributed by atoms with van der Waals surface area (Å²) in [6, 6.07) is 15.0. The quantitative estimate of drug-likeness (QED) is 0.604. The first kappa shape index (κ1) is 19.8. The number of phenols is 1. The lowest BCUT2D eigenvalue weighted by atomic mass is 10.0. The first-order valence-corrected chi connectivity index (χ1v) is 8.18. The molecule has 27 heavy (non-hydrogen) atoms. The molecule has 0 aromatic heterocycles. The molecule has 0 spiro atoms. The second kappa shape index (κ2) is 9.23. The SMILES string of the molecule is C[C@H](Oc1ccccc1-c1cccc(O)c1)C1=NCCN1.O=C(O)C(=O)O. The number of carbonyl (C=O) groups is 2. The van der Waals surface area contributed by atoms with Gasteiger partial charge in [-0.05, 0) is 30.7 Å². The van der Waals surface area contributed by atoms with Crippen molar-refractivity contribution in [2.24, 2.45) is 4.99 Å². The van der Waals surface area contributed by atoms with Crippen molar-refractivity contribution in [1.82, 2.24) is 5.32 Å². The highest BCUT2D eigenvalue weighted by Crippen LogP contribution is 2.32. The van der Waals surface area contributed by atoms with Gasteiger partial charge in [0.15, 0.2) is 6.10 Å². The van der Waals surface area contributed by atoms with Crippen LogP contribution in [0.5, 0.6) is 11.5 Å². The molecule has 2 aromatic rings. The van der Waals surface area contributed by atoms with Gasteiger partial charge in [-0.1, -0.05) is 30.3 Å². The van der Waals surface area contributed by atoms with E-state index in [2.05, 4.69) is 10.3 Å². The van der Waals surface area contributed by atoms with Gasteiger partial charge in [-0.25, -0.2) is 9.59 Å². The molecule has 2 aromatic carbocycles. The Morgan fingerprint density at radius 3 is 2.41 bits per heavy atom. The predicted octanol–water partition coefficient (Wildman–Crippen LogP) is 1.98. The molecule has 0 aliphatic carbocycles. The molecule has 142 valence electrons. The van der Waals surface area contributed by atoms with E-state index in [-0.39, 0.29) is 11.9 Å². The molecule has 0 saturated heterocycles. The summed E-state index contributed by atoms with van der Waals surface area (Å²) >= 11 is 0.